The first-order valence-corrected chi connectivity index (χ1v) is 21.4. The fourth-order valence-electron chi connectivity index (χ4n) is 4.79. The minimum atomic E-state index is -5.94. The van der Waals surface area contributed by atoms with E-state index in [1.807, 2.05) is 0 Å². The molecule has 0 bridgehead atoms. The summed E-state index contributed by atoms with van der Waals surface area (Å²) in [6, 6.07) is 0. The zero-order chi connectivity index (χ0) is 42.2. The molecule has 0 aromatic carbocycles. The maximum atomic E-state index is 12.5. The van der Waals surface area contributed by atoms with Crippen molar-refractivity contribution in [3.63, 3.8) is 0 Å². The number of amides is 2. The summed E-state index contributed by atoms with van der Waals surface area (Å²) in [5, 5.41) is 36.3. The van der Waals surface area contributed by atoms with Crippen molar-refractivity contribution in [1.82, 2.24) is 30.2 Å². The van der Waals surface area contributed by atoms with Gasteiger partial charge in [-0.05, 0) is 6.42 Å². The summed E-state index contributed by atoms with van der Waals surface area (Å²) in [4.78, 5) is 107. The van der Waals surface area contributed by atoms with Crippen LogP contribution in [0.25, 0.3) is 11.2 Å². The second-order valence-corrected chi connectivity index (χ2v) is 17.6. The number of carbonyl (C=O) groups excluding carboxylic acids is 4. The third-order valence-electron chi connectivity index (χ3n) is 7.70. The van der Waals surface area contributed by atoms with Gasteiger partial charge in [0, 0.05) is 30.7 Å². The normalized spacial score (nSPS) is 22.2. The molecule has 30 heteroatoms. The van der Waals surface area contributed by atoms with Gasteiger partial charge in [-0.2, -0.15) is 0 Å². The molecule has 0 aliphatic carbocycles. The fourth-order valence-corrected chi connectivity index (χ4v) is 8.39. The molecule has 26 nitrogen and oxygen atoms in total. The number of nitrogen functional groups attached to an aromatic ring is 1. The SMILES string of the molecule is CC[C@@H](C(=O)[O-])C(=O)SCCNC(=O)CCNC(=O)[C@H](O)C(C)(C)COP(=O)([O-])OP(=O)([O-])OC[C@H]1O[C@@H](n2cnc3c(N)ncnc32)[C@H](O)[C@@H]1OP(=O)([O-])[O-]. The maximum absolute atomic E-state index is 12.5. The summed E-state index contributed by atoms with van der Waals surface area (Å²) in [7, 11) is -17.7. The van der Waals surface area contributed by atoms with Crippen LogP contribution in [0.2, 0.25) is 0 Å². The molecule has 8 atom stereocenters. The van der Waals surface area contributed by atoms with E-state index in [1.54, 1.807) is 0 Å². The second-order valence-electron chi connectivity index (χ2n) is 12.4. The Morgan fingerprint density at radius 3 is 2.36 bits per heavy atom. The molecule has 1 aliphatic heterocycles. The van der Waals surface area contributed by atoms with Gasteiger partial charge in [0.15, 0.2) is 22.8 Å². The third-order valence-corrected chi connectivity index (χ3v) is 11.7. The third kappa shape index (κ3) is 13.6. The number of hydrogen-bond donors (Lipinski definition) is 5. The lowest BCUT2D eigenvalue weighted by Gasteiger charge is -2.36. The van der Waals surface area contributed by atoms with Gasteiger partial charge in [-0.3, -0.25) is 28.1 Å². The van der Waals surface area contributed by atoms with Crippen LogP contribution in [-0.2, 0) is 55.5 Å². The number of imidazole rings is 1. The minimum absolute atomic E-state index is 0.00636. The van der Waals surface area contributed by atoms with Gasteiger partial charge in [-0.25, -0.2) is 19.3 Å². The van der Waals surface area contributed by atoms with Crippen LogP contribution in [0.4, 0.5) is 5.82 Å². The Kier molecular flexibility index (Phi) is 16.6. The van der Waals surface area contributed by atoms with E-state index in [0.717, 1.165) is 31.1 Å². The summed E-state index contributed by atoms with van der Waals surface area (Å²) in [6.07, 6.45) is -7.78. The fraction of sp³-hybridized carbons (Fsp3) is 0.654. The van der Waals surface area contributed by atoms with E-state index in [1.165, 1.54) is 6.92 Å². The predicted molar refractivity (Wildman–Crippen MR) is 177 cm³/mol. The molecule has 6 N–H and O–H groups in total. The van der Waals surface area contributed by atoms with Gasteiger partial charge in [0.1, 0.15) is 36.3 Å². The molecule has 2 aromatic heterocycles. The highest BCUT2D eigenvalue weighted by molar-refractivity contribution is 8.13. The molecule has 1 aliphatic rings. The second kappa shape index (κ2) is 19.7. The number of thioether (sulfide) groups is 1. The molecule has 1 saturated heterocycles. The molecule has 3 rings (SSSR count). The lowest BCUT2D eigenvalue weighted by molar-refractivity contribution is -0.347. The van der Waals surface area contributed by atoms with Crippen molar-refractivity contribution in [2.24, 2.45) is 11.3 Å². The zero-order valence-electron chi connectivity index (χ0n) is 29.5. The number of phosphoric acid groups is 3. The van der Waals surface area contributed by atoms with E-state index in [-0.39, 0.29) is 48.7 Å². The molecule has 56 heavy (non-hydrogen) atoms. The number of aliphatic carboxylic acids is 1. The van der Waals surface area contributed by atoms with Crippen molar-refractivity contribution < 1.29 is 90.4 Å². The number of hydrogen-bond acceptors (Lipinski definition) is 24. The van der Waals surface area contributed by atoms with Crippen LogP contribution in [-0.4, -0.2) is 109 Å². The molecule has 2 aromatic rings. The Labute approximate surface area is 321 Å². The van der Waals surface area contributed by atoms with Crippen molar-refractivity contribution in [2.75, 3.05) is 37.8 Å². The van der Waals surface area contributed by atoms with Gasteiger partial charge in [0.2, 0.25) is 11.8 Å². The van der Waals surface area contributed by atoms with Crippen molar-refractivity contribution >= 4 is 75.1 Å². The first kappa shape index (κ1) is 47.4. The van der Waals surface area contributed by atoms with Gasteiger partial charge in [-0.15, -0.1) is 0 Å². The van der Waals surface area contributed by atoms with Crippen molar-refractivity contribution in [3.8, 4) is 0 Å². The van der Waals surface area contributed by atoms with Crippen molar-refractivity contribution in [2.45, 2.75) is 64.3 Å². The molecule has 0 radical (unpaired) electrons. The Hall–Kier alpha value is -2.97. The first-order valence-electron chi connectivity index (χ1n) is 16.1. The number of ether oxygens (including phenoxy) is 1. The summed E-state index contributed by atoms with van der Waals surface area (Å²) in [5.74, 6) is -4.45. The maximum Gasteiger partial charge on any atom is 0.274 e. The number of aromatic nitrogens is 4. The summed E-state index contributed by atoms with van der Waals surface area (Å²) >= 11 is 0.699. The quantitative estimate of drug-likeness (QED) is 0.0420. The zero-order valence-corrected chi connectivity index (χ0v) is 33.0. The van der Waals surface area contributed by atoms with Crippen molar-refractivity contribution in [3.05, 3.63) is 12.7 Å². The van der Waals surface area contributed by atoms with E-state index in [9.17, 15) is 67.8 Å². The molecular formula is C26H37N7O19P3S-5. The average Bonchev–Trinajstić information content (AvgIpc) is 3.64. The Balaban J connectivity index is 1.49. The highest BCUT2D eigenvalue weighted by atomic mass is 32.2. The van der Waals surface area contributed by atoms with Crippen LogP contribution in [0.3, 0.4) is 0 Å². The summed E-state index contributed by atoms with van der Waals surface area (Å²) in [6.45, 7) is 1.19. The van der Waals surface area contributed by atoms with Gasteiger partial charge in [0.25, 0.3) is 15.6 Å². The molecule has 2 unspecified atom stereocenters. The molecule has 3 heterocycles. The number of nitrogens with one attached hydrogen (secondary N) is 2. The van der Waals surface area contributed by atoms with E-state index < -0.39 is 102 Å². The van der Waals surface area contributed by atoms with Gasteiger partial charge in [-0.1, -0.05) is 32.5 Å². The molecule has 0 spiro atoms. The largest absolute Gasteiger partial charge is 0.790 e. The number of rotatable bonds is 22. The number of fused-ring (bicyclic) bond motifs is 1. The number of aliphatic hydroxyl groups excluding tert-OH is 2. The monoisotopic (exact) mass is 876 g/mol. The standard InChI is InChI=1S/C26H42N7O19P3S/c1-4-13(24(38)39)25(40)56-8-7-28-15(34)5-6-29-22(37)19(36)26(2,3)10-49-55(46,47)52-54(44,45)48-9-14-18(51-53(41,42)43)17(35)23(50-14)33-12-32-16-20(27)30-11-31-21(16)33/h11-14,17-19,23,35-36H,4-10H2,1-3H3,(H,28,34)(H,29,37)(H,38,39)(H,44,45)(H,46,47)(H2,27,30,31)(H2,41,42,43)/p-5/t13-,14+,17+,18+,19-,23+/m0/s1. The average molecular weight is 877 g/mol. The first-order chi connectivity index (χ1) is 25.9. The van der Waals surface area contributed by atoms with Crippen LogP contribution in [0, 0.1) is 11.3 Å². The van der Waals surface area contributed by atoms with Gasteiger partial charge in [0.05, 0.1) is 39.3 Å². The van der Waals surface area contributed by atoms with Gasteiger partial charge >= 0.3 is 0 Å². The van der Waals surface area contributed by atoms with Crippen LogP contribution in [0.5, 0.6) is 0 Å². The highest BCUT2D eigenvalue weighted by Crippen LogP contribution is 2.56. The number of nitrogens with zero attached hydrogens (tertiary/aromatic N) is 4. The number of nitrogens with two attached hydrogens (primary N) is 1. The Morgan fingerprint density at radius 2 is 1.73 bits per heavy atom. The number of carboxylic acids is 1. The molecule has 316 valence electrons. The van der Waals surface area contributed by atoms with E-state index in [2.05, 4.69) is 43.5 Å². The lowest BCUT2D eigenvalue weighted by atomic mass is 9.87. The number of phosphoric ester groups is 3. The van der Waals surface area contributed by atoms with Crippen LogP contribution in [0.1, 0.15) is 39.8 Å². The molecule has 2 amide bonds. The van der Waals surface area contributed by atoms with Crippen LogP contribution < -0.4 is 41.0 Å². The Morgan fingerprint density at radius 1 is 1.07 bits per heavy atom. The molecule has 1 fully saturated rings. The van der Waals surface area contributed by atoms with Crippen LogP contribution >= 0.6 is 35.2 Å². The van der Waals surface area contributed by atoms with Crippen LogP contribution in [0.15, 0.2) is 12.7 Å². The number of aliphatic hydroxyl groups is 2. The topological polar surface area (TPSA) is 415 Å². The lowest BCUT2D eigenvalue weighted by Crippen LogP contribution is -2.46. The van der Waals surface area contributed by atoms with Gasteiger partial charge < -0.3 is 78.9 Å². The molecule has 0 saturated carbocycles. The molecular weight excluding hydrogens is 839 g/mol. The number of carbonyl (C=O) groups is 4. The van der Waals surface area contributed by atoms with E-state index in [4.69, 9.17) is 10.5 Å². The summed E-state index contributed by atoms with van der Waals surface area (Å²) in [5.41, 5.74) is 3.99. The van der Waals surface area contributed by atoms with E-state index >= 15 is 0 Å². The van der Waals surface area contributed by atoms with E-state index in [0.29, 0.717) is 11.8 Å². The number of carboxylic acid groups (broad SMARTS) is 1. The predicted octanol–water partition coefficient (Wildman–Crippen LogP) is -5.09. The minimum Gasteiger partial charge on any atom is -0.790 e. The Bertz CT molecular complexity index is 1880. The highest BCUT2D eigenvalue weighted by Gasteiger charge is 2.47. The van der Waals surface area contributed by atoms with Crippen molar-refractivity contribution in [1.29, 1.82) is 0 Å². The smallest absolute Gasteiger partial charge is 0.274 e. The summed E-state index contributed by atoms with van der Waals surface area (Å²) < 4.78 is 60.3. The number of anilines is 1.